The van der Waals surface area contributed by atoms with Gasteiger partial charge in [-0.15, -0.1) is 0 Å². The predicted octanol–water partition coefficient (Wildman–Crippen LogP) is -0.861. The number of hydrogen-bond donors (Lipinski definition) is 3. The van der Waals surface area contributed by atoms with Crippen LogP contribution in [0.3, 0.4) is 0 Å². The van der Waals surface area contributed by atoms with Crippen LogP contribution in [0.15, 0.2) is 11.1 Å². The van der Waals surface area contributed by atoms with Gasteiger partial charge in [0.2, 0.25) is 15.9 Å². The SMILES string of the molecule is CNC(=O)C1CCN(S(=O)(=O)c2cn[nH]c2N)CC1. The van der Waals surface area contributed by atoms with E-state index in [0.29, 0.717) is 25.9 Å². The van der Waals surface area contributed by atoms with Crippen molar-refractivity contribution in [2.24, 2.45) is 5.92 Å². The van der Waals surface area contributed by atoms with E-state index in [1.54, 1.807) is 7.05 Å². The van der Waals surface area contributed by atoms with Gasteiger partial charge in [-0.25, -0.2) is 8.42 Å². The van der Waals surface area contributed by atoms with Gasteiger partial charge in [0.05, 0.1) is 6.20 Å². The molecular formula is C10H17N5O3S. The van der Waals surface area contributed by atoms with Crippen molar-refractivity contribution in [2.75, 3.05) is 25.9 Å². The molecule has 1 fully saturated rings. The molecule has 1 aliphatic heterocycles. The molecule has 0 spiro atoms. The number of nitrogens with zero attached hydrogens (tertiary/aromatic N) is 2. The zero-order valence-electron chi connectivity index (χ0n) is 10.6. The van der Waals surface area contributed by atoms with Crippen molar-refractivity contribution < 1.29 is 13.2 Å². The minimum absolute atomic E-state index is 0.00843. The van der Waals surface area contributed by atoms with Crippen molar-refractivity contribution >= 4 is 21.7 Å². The van der Waals surface area contributed by atoms with Crippen LogP contribution in [0.1, 0.15) is 12.8 Å². The van der Waals surface area contributed by atoms with Crippen LogP contribution < -0.4 is 11.1 Å². The quantitative estimate of drug-likeness (QED) is 0.668. The molecule has 0 aromatic carbocycles. The summed E-state index contributed by atoms with van der Waals surface area (Å²) in [6.07, 6.45) is 2.23. The third-order valence-corrected chi connectivity index (χ3v) is 5.25. The van der Waals surface area contributed by atoms with Crippen molar-refractivity contribution in [3.05, 3.63) is 6.20 Å². The smallest absolute Gasteiger partial charge is 0.248 e. The summed E-state index contributed by atoms with van der Waals surface area (Å²) in [6.45, 7) is 0.621. The normalized spacial score (nSPS) is 18.4. The van der Waals surface area contributed by atoms with E-state index in [0.717, 1.165) is 0 Å². The summed E-state index contributed by atoms with van der Waals surface area (Å²) in [5.74, 6) is -0.133. The second kappa shape index (κ2) is 5.17. The lowest BCUT2D eigenvalue weighted by Gasteiger charge is -2.29. The lowest BCUT2D eigenvalue weighted by Crippen LogP contribution is -2.42. The second-order valence-electron chi connectivity index (χ2n) is 4.44. The van der Waals surface area contributed by atoms with Crippen LogP contribution in [0.2, 0.25) is 0 Å². The van der Waals surface area contributed by atoms with Gasteiger partial charge in [0.15, 0.2) is 0 Å². The van der Waals surface area contributed by atoms with E-state index >= 15 is 0 Å². The fourth-order valence-electron chi connectivity index (χ4n) is 2.19. The highest BCUT2D eigenvalue weighted by molar-refractivity contribution is 7.89. The molecule has 2 rings (SSSR count). The minimum Gasteiger partial charge on any atom is -0.383 e. The van der Waals surface area contributed by atoms with E-state index in [4.69, 9.17) is 5.73 Å². The third kappa shape index (κ3) is 2.56. The molecule has 9 heteroatoms. The topological polar surface area (TPSA) is 121 Å². The molecular weight excluding hydrogens is 270 g/mol. The largest absolute Gasteiger partial charge is 0.383 e. The summed E-state index contributed by atoms with van der Waals surface area (Å²) in [5.41, 5.74) is 5.54. The number of aromatic amines is 1. The first-order chi connectivity index (χ1) is 8.96. The summed E-state index contributed by atoms with van der Waals surface area (Å²) >= 11 is 0. The van der Waals surface area contributed by atoms with Gasteiger partial charge >= 0.3 is 0 Å². The maximum absolute atomic E-state index is 12.3. The summed E-state index contributed by atoms with van der Waals surface area (Å²) in [6, 6.07) is 0. The average Bonchev–Trinajstić information content (AvgIpc) is 2.85. The van der Waals surface area contributed by atoms with Gasteiger partial charge in [-0.05, 0) is 12.8 Å². The van der Waals surface area contributed by atoms with E-state index in [1.807, 2.05) is 0 Å². The molecule has 1 aromatic rings. The monoisotopic (exact) mass is 287 g/mol. The van der Waals surface area contributed by atoms with Gasteiger partial charge in [-0.3, -0.25) is 9.89 Å². The number of nitrogens with two attached hydrogens (primary N) is 1. The number of sulfonamides is 1. The van der Waals surface area contributed by atoms with Gasteiger partial charge < -0.3 is 11.1 Å². The van der Waals surface area contributed by atoms with Crippen molar-refractivity contribution in [1.29, 1.82) is 0 Å². The van der Waals surface area contributed by atoms with Crippen LogP contribution >= 0.6 is 0 Å². The number of aromatic nitrogens is 2. The third-order valence-electron chi connectivity index (χ3n) is 3.32. The standard InChI is InChI=1S/C10H17N5O3S/c1-12-10(16)7-2-4-15(5-3-7)19(17,18)8-6-13-14-9(8)11/h6-7H,2-5H2,1H3,(H,12,16)(H3,11,13,14). The fourth-order valence-corrected chi connectivity index (χ4v) is 3.67. The highest BCUT2D eigenvalue weighted by Gasteiger charge is 2.33. The molecule has 1 aliphatic rings. The minimum atomic E-state index is -3.62. The van der Waals surface area contributed by atoms with Gasteiger partial charge in [-0.2, -0.15) is 9.40 Å². The lowest BCUT2D eigenvalue weighted by atomic mass is 9.97. The Kier molecular flexibility index (Phi) is 3.76. The number of carbonyl (C=O) groups excluding carboxylic acids is 1. The molecule has 1 saturated heterocycles. The Bertz CT molecular complexity index is 559. The van der Waals surface area contributed by atoms with E-state index in [2.05, 4.69) is 15.5 Å². The molecule has 0 unspecified atom stereocenters. The van der Waals surface area contributed by atoms with Crippen LogP contribution in [0.4, 0.5) is 5.82 Å². The van der Waals surface area contributed by atoms with Crippen LogP contribution in [0.25, 0.3) is 0 Å². The van der Waals surface area contributed by atoms with Gasteiger partial charge in [0, 0.05) is 26.1 Å². The highest BCUT2D eigenvalue weighted by atomic mass is 32.2. The number of nitrogen functional groups attached to an aromatic ring is 1. The number of rotatable bonds is 3. The Morgan fingerprint density at radius 3 is 2.63 bits per heavy atom. The maximum atomic E-state index is 12.3. The number of carbonyl (C=O) groups is 1. The number of amides is 1. The summed E-state index contributed by atoms with van der Waals surface area (Å²) in [4.78, 5) is 11.5. The molecule has 4 N–H and O–H groups in total. The number of piperidine rings is 1. The van der Waals surface area contributed by atoms with Crippen LogP contribution in [-0.4, -0.2) is 49.0 Å². The maximum Gasteiger partial charge on any atom is 0.248 e. The Morgan fingerprint density at radius 2 is 2.16 bits per heavy atom. The van der Waals surface area contributed by atoms with Crippen molar-refractivity contribution in [3.63, 3.8) is 0 Å². The van der Waals surface area contributed by atoms with Crippen LogP contribution in [0, 0.1) is 5.92 Å². The molecule has 8 nitrogen and oxygen atoms in total. The van der Waals surface area contributed by atoms with E-state index in [-0.39, 0.29) is 22.5 Å². The van der Waals surface area contributed by atoms with Crippen molar-refractivity contribution in [2.45, 2.75) is 17.7 Å². The average molecular weight is 287 g/mol. The Morgan fingerprint density at radius 1 is 1.53 bits per heavy atom. The summed E-state index contributed by atoms with van der Waals surface area (Å²) in [5, 5.41) is 8.61. The van der Waals surface area contributed by atoms with E-state index in [9.17, 15) is 13.2 Å². The predicted molar refractivity (Wildman–Crippen MR) is 68.5 cm³/mol. The Labute approximate surface area is 111 Å². The number of anilines is 1. The fraction of sp³-hybridized carbons (Fsp3) is 0.600. The first-order valence-electron chi connectivity index (χ1n) is 5.97. The van der Waals surface area contributed by atoms with Crippen LogP contribution in [-0.2, 0) is 14.8 Å². The number of nitrogens with one attached hydrogen (secondary N) is 2. The second-order valence-corrected chi connectivity index (χ2v) is 6.35. The molecule has 0 radical (unpaired) electrons. The Balaban J connectivity index is 2.10. The molecule has 2 heterocycles. The molecule has 0 aliphatic carbocycles. The van der Waals surface area contributed by atoms with E-state index in [1.165, 1.54) is 10.5 Å². The number of H-pyrrole nitrogens is 1. The van der Waals surface area contributed by atoms with Gasteiger partial charge in [-0.1, -0.05) is 0 Å². The molecule has 19 heavy (non-hydrogen) atoms. The summed E-state index contributed by atoms with van der Waals surface area (Å²) in [7, 11) is -2.04. The molecule has 0 bridgehead atoms. The zero-order chi connectivity index (χ0) is 14.0. The Hall–Kier alpha value is -1.61. The zero-order valence-corrected chi connectivity index (χ0v) is 11.4. The van der Waals surface area contributed by atoms with Crippen molar-refractivity contribution in [1.82, 2.24) is 19.8 Å². The lowest BCUT2D eigenvalue weighted by molar-refractivity contribution is -0.125. The summed E-state index contributed by atoms with van der Waals surface area (Å²) < 4.78 is 25.9. The van der Waals surface area contributed by atoms with Crippen molar-refractivity contribution in [3.8, 4) is 0 Å². The number of hydrogen-bond acceptors (Lipinski definition) is 5. The van der Waals surface area contributed by atoms with Gasteiger partial charge in [0.25, 0.3) is 0 Å². The first-order valence-corrected chi connectivity index (χ1v) is 7.41. The van der Waals surface area contributed by atoms with E-state index < -0.39 is 10.0 Å². The van der Waals surface area contributed by atoms with Crippen LogP contribution in [0.5, 0.6) is 0 Å². The van der Waals surface area contributed by atoms with Gasteiger partial charge in [0.1, 0.15) is 10.7 Å². The molecule has 106 valence electrons. The molecule has 0 atom stereocenters. The molecule has 1 aromatic heterocycles. The molecule has 0 saturated carbocycles. The highest BCUT2D eigenvalue weighted by Crippen LogP contribution is 2.25. The first kappa shape index (κ1) is 13.8. The molecule has 1 amide bonds.